The van der Waals surface area contributed by atoms with E-state index in [2.05, 4.69) is 6.92 Å². The Morgan fingerprint density at radius 2 is 2.00 bits per heavy atom. The molecule has 2 nitrogen and oxygen atoms in total. The van der Waals surface area contributed by atoms with Gasteiger partial charge in [0.25, 0.3) is 0 Å². The molecule has 0 amide bonds. The highest BCUT2D eigenvalue weighted by molar-refractivity contribution is 4.62. The number of rotatable bonds is 7. The van der Waals surface area contributed by atoms with E-state index in [1.165, 1.54) is 0 Å². The number of halogens is 1. The van der Waals surface area contributed by atoms with Crippen molar-refractivity contribution in [2.45, 2.75) is 40.0 Å². The number of aliphatic hydroxyl groups excluding tert-OH is 1. The second-order valence-corrected chi connectivity index (χ2v) is 3.64. The molecule has 0 aromatic rings. The van der Waals surface area contributed by atoms with E-state index in [0.29, 0.717) is 6.61 Å². The summed E-state index contributed by atoms with van der Waals surface area (Å²) in [5.41, 5.74) is 0. The van der Waals surface area contributed by atoms with Gasteiger partial charge in [0.15, 0.2) is 6.36 Å². The van der Waals surface area contributed by atoms with Crippen LogP contribution in [0.5, 0.6) is 0 Å². The van der Waals surface area contributed by atoms with Crippen LogP contribution in [0.2, 0.25) is 0 Å². The van der Waals surface area contributed by atoms with E-state index in [1.807, 2.05) is 6.92 Å². The van der Waals surface area contributed by atoms with Crippen molar-refractivity contribution in [1.82, 2.24) is 0 Å². The number of alkyl halides is 1. The maximum atomic E-state index is 12.4. The first-order valence-electron chi connectivity index (χ1n) is 4.99. The van der Waals surface area contributed by atoms with Crippen LogP contribution in [0.15, 0.2) is 0 Å². The van der Waals surface area contributed by atoms with Crippen LogP contribution in [-0.2, 0) is 4.74 Å². The summed E-state index contributed by atoms with van der Waals surface area (Å²) in [5, 5.41) is 8.67. The highest BCUT2D eigenvalue weighted by Gasteiger charge is 2.19. The predicted molar refractivity (Wildman–Crippen MR) is 51.2 cm³/mol. The SMILES string of the molecule is CCCCOC[C@@H](C)C(C)[C@H](O)F. The molecule has 80 valence electrons. The van der Waals surface area contributed by atoms with Crippen LogP contribution in [0.3, 0.4) is 0 Å². The minimum absolute atomic E-state index is 0.0665. The minimum atomic E-state index is -1.73. The Morgan fingerprint density at radius 1 is 1.38 bits per heavy atom. The van der Waals surface area contributed by atoms with Crippen molar-refractivity contribution in [1.29, 1.82) is 0 Å². The van der Waals surface area contributed by atoms with Gasteiger partial charge >= 0.3 is 0 Å². The average Bonchev–Trinajstić information content (AvgIpc) is 2.10. The van der Waals surface area contributed by atoms with Crippen molar-refractivity contribution < 1.29 is 14.2 Å². The van der Waals surface area contributed by atoms with Gasteiger partial charge in [0.05, 0.1) is 0 Å². The molecule has 1 unspecified atom stereocenters. The quantitative estimate of drug-likeness (QED) is 0.627. The number of aliphatic hydroxyl groups is 1. The lowest BCUT2D eigenvalue weighted by atomic mass is 9.97. The van der Waals surface area contributed by atoms with Gasteiger partial charge in [0.2, 0.25) is 0 Å². The molecule has 0 aliphatic heterocycles. The van der Waals surface area contributed by atoms with Crippen LogP contribution in [0.4, 0.5) is 4.39 Å². The summed E-state index contributed by atoms with van der Waals surface area (Å²) in [6.07, 6.45) is 0.416. The molecule has 0 rings (SSSR count). The van der Waals surface area contributed by atoms with Crippen LogP contribution >= 0.6 is 0 Å². The fourth-order valence-electron chi connectivity index (χ4n) is 0.939. The second-order valence-electron chi connectivity index (χ2n) is 3.64. The first-order chi connectivity index (χ1) is 6.09. The lowest BCUT2D eigenvalue weighted by molar-refractivity contribution is -0.0407. The summed E-state index contributed by atoms with van der Waals surface area (Å²) in [6.45, 7) is 6.94. The fourth-order valence-corrected chi connectivity index (χ4v) is 0.939. The van der Waals surface area contributed by atoms with Crippen molar-refractivity contribution in [2.75, 3.05) is 13.2 Å². The summed E-state index contributed by atoms with van der Waals surface area (Å²) >= 11 is 0. The van der Waals surface area contributed by atoms with Crippen LogP contribution in [-0.4, -0.2) is 24.7 Å². The molecule has 0 saturated carbocycles. The smallest absolute Gasteiger partial charge is 0.199 e. The van der Waals surface area contributed by atoms with Gasteiger partial charge in [-0.05, 0) is 12.3 Å². The van der Waals surface area contributed by atoms with Gasteiger partial charge in [-0.15, -0.1) is 0 Å². The number of ether oxygens (including phenoxy) is 1. The predicted octanol–water partition coefficient (Wildman–Crippen LogP) is 2.36. The topological polar surface area (TPSA) is 29.5 Å². The normalized spacial score (nSPS) is 18.2. The fraction of sp³-hybridized carbons (Fsp3) is 1.00. The first-order valence-corrected chi connectivity index (χ1v) is 4.99. The van der Waals surface area contributed by atoms with Crippen LogP contribution in [0.1, 0.15) is 33.6 Å². The summed E-state index contributed by atoms with van der Waals surface area (Å²) in [6, 6.07) is 0. The van der Waals surface area contributed by atoms with E-state index in [1.54, 1.807) is 6.92 Å². The third kappa shape index (κ3) is 5.99. The van der Waals surface area contributed by atoms with Crippen molar-refractivity contribution in [3.05, 3.63) is 0 Å². The highest BCUT2D eigenvalue weighted by Crippen LogP contribution is 2.16. The van der Waals surface area contributed by atoms with Crippen molar-refractivity contribution in [3.8, 4) is 0 Å². The molecule has 0 fully saturated rings. The Bertz CT molecular complexity index is 117. The number of hydrogen-bond donors (Lipinski definition) is 1. The van der Waals surface area contributed by atoms with E-state index in [-0.39, 0.29) is 11.8 Å². The molecule has 13 heavy (non-hydrogen) atoms. The molecular formula is C10H21FO2. The summed E-state index contributed by atoms with van der Waals surface area (Å²) in [5.74, 6) is -0.279. The standard InChI is InChI=1S/C10H21FO2/c1-4-5-6-13-7-8(2)9(3)10(11)12/h8-10,12H,4-7H2,1-3H3/t8-,9?,10+/m1/s1. The summed E-state index contributed by atoms with van der Waals surface area (Å²) < 4.78 is 17.8. The Balaban J connectivity index is 3.44. The van der Waals surface area contributed by atoms with Crippen molar-refractivity contribution >= 4 is 0 Å². The molecule has 0 radical (unpaired) electrons. The zero-order valence-electron chi connectivity index (χ0n) is 8.79. The molecule has 0 aliphatic carbocycles. The van der Waals surface area contributed by atoms with Gasteiger partial charge in [-0.2, -0.15) is 0 Å². The van der Waals surface area contributed by atoms with Gasteiger partial charge in [0.1, 0.15) is 0 Å². The number of hydrogen-bond acceptors (Lipinski definition) is 2. The molecular weight excluding hydrogens is 171 g/mol. The highest BCUT2D eigenvalue weighted by atomic mass is 19.1. The molecule has 0 aromatic heterocycles. The second kappa shape index (κ2) is 7.27. The van der Waals surface area contributed by atoms with Gasteiger partial charge in [-0.3, -0.25) is 0 Å². The van der Waals surface area contributed by atoms with E-state index >= 15 is 0 Å². The Hall–Kier alpha value is -0.150. The van der Waals surface area contributed by atoms with Gasteiger partial charge < -0.3 is 9.84 Å². The summed E-state index contributed by atoms with van der Waals surface area (Å²) in [7, 11) is 0. The van der Waals surface area contributed by atoms with Crippen LogP contribution in [0.25, 0.3) is 0 Å². The molecule has 0 aromatic carbocycles. The lowest BCUT2D eigenvalue weighted by Gasteiger charge is -2.19. The van der Waals surface area contributed by atoms with E-state index in [4.69, 9.17) is 9.84 Å². The molecule has 0 aliphatic rings. The molecule has 0 saturated heterocycles. The molecule has 0 spiro atoms. The van der Waals surface area contributed by atoms with Crippen molar-refractivity contribution in [3.63, 3.8) is 0 Å². The third-order valence-electron chi connectivity index (χ3n) is 2.35. The van der Waals surface area contributed by atoms with Gasteiger partial charge in [-0.1, -0.05) is 27.2 Å². The first kappa shape index (κ1) is 12.8. The van der Waals surface area contributed by atoms with Crippen LogP contribution in [0, 0.1) is 11.8 Å². The van der Waals surface area contributed by atoms with Gasteiger partial charge in [-0.25, -0.2) is 4.39 Å². The Labute approximate surface area is 80.1 Å². The molecule has 0 heterocycles. The van der Waals surface area contributed by atoms with E-state index in [0.717, 1.165) is 19.4 Å². The average molecular weight is 192 g/mol. The number of unbranched alkanes of at least 4 members (excludes halogenated alkanes) is 1. The molecule has 1 N–H and O–H groups in total. The zero-order valence-corrected chi connectivity index (χ0v) is 8.79. The van der Waals surface area contributed by atoms with E-state index < -0.39 is 6.36 Å². The summed E-state index contributed by atoms with van der Waals surface area (Å²) in [4.78, 5) is 0. The Kier molecular flexibility index (Phi) is 7.19. The van der Waals surface area contributed by atoms with Crippen molar-refractivity contribution in [2.24, 2.45) is 11.8 Å². The maximum Gasteiger partial charge on any atom is 0.199 e. The third-order valence-corrected chi connectivity index (χ3v) is 2.35. The molecule has 3 atom stereocenters. The Morgan fingerprint density at radius 3 is 2.46 bits per heavy atom. The van der Waals surface area contributed by atoms with Crippen LogP contribution < -0.4 is 0 Å². The zero-order chi connectivity index (χ0) is 10.3. The maximum absolute atomic E-state index is 12.4. The largest absolute Gasteiger partial charge is 0.381 e. The molecule has 0 bridgehead atoms. The monoisotopic (exact) mass is 192 g/mol. The van der Waals surface area contributed by atoms with Gasteiger partial charge in [0, 0.05) is 19.1 Å². The minimum Gasteiger partial charge on any atom is -0.381 e. The lowest BCUT2D eigenvalue weighted by Crippen LogP contribution is -2.23. The van der Waals surface area contributed by atoms with E-state index in [9.17, 15) is 4.39 Å². The molecule has 3 heteroatoms.